The zero-order valence-corrected chi connectivity index (χ0v) is 57.4. The molecule has 404 valence electrons. The fraction of sp³-hybridized carbons (Fsp3) is 0.286. The quantitative estimate of drug-likeness (QED) is 0.106. The van der Waals surface area contributed by atoms with E-state index >= 15 is 0 Å². The molecule has 0 fully saturated rings. The zero-order chi connectivity index (χ0) is 54.9. The molecule has 0 saturated heterocycles. The molecule has 0 unspecified atom stereocenters. The number of hydrogen-bond donors (Lipinski definition) is 0. The van der Waals surface area contributed by atoms with Crippen molar-refractivity contribution in [2.75, 3.05) is 0 Å². The number of rotatable bonds is 9. The fourth-order valence-electron chi connectivity index (χ4n) is 5.84. The van der Waals surface area contributed by atoms with E-state index in [-0.39, 0.29) is 196 Å². The van der Waals surface area contributed by atoms with Crippen molar-refractivity contribution >= 4 is 11.6 Å². The Morgan fingerprint density at radius 1 is 0.481 bits per heavy atom. The van der Waals surface area contributed by atoms with Crippen molar-refractivity contribution < 1.29 is 195 Å². The van der Waals surface area contributed by atoms with Gasteiger partial charge < -0.3 is 27.8 Å². The average molecular weight is 1170 g/mol. The monoisotopic (exact) mass is 1170 g/mol. The van der Waals surface area contributed by atoms with E-state index in [1.807, 2.05) is 74.5 Å². The minimum Gasteiger partial charge on any atom is -0.514 e. The SMILES string of the molecule is C.CC(C)(C)c1c[c-]no1.CC(C)(C)c1c[c-]no1.CC(C)(C)c1c[c-]no1.Cc1cc(F)cc(COc2cc[c-]cc2)c1.Cc1ccc(COc2cc[c-]cc2)c(Cl)c1.Fc1cccc(F)c1COc1cc[c-]cc1.[K+].[K+].[K+]. The summed E-state index contributed by atoms with van der Waals surface area (Å²) in [5.41, 5.74) is 4.02. The largest absolute Gasteiger partial charge is 1.00 e. The van der Waals surface area contributed by atoms with Crippen LogP contribution in [0.25, 0.3) is 0 Å². The molecule has 0 aliphatic rings. The maximum atomic E-state index is 13.2. The van der Waals surface area contributed by atoms with Gasteiger partial charge in [-0.1, -0.05) is 106 Å². The summed E-state index contributed by atoms with van der Waals surface area (Å²) in [4.78, 5) is 0. The summed E-state index contributed by atoms with van der Waals surface area (Å²) in [5, 5.41) is 11.2. The van der Waals surface area contributed by atoms with E-state index < -0.39 is 11.6 Å². The Morgan fingerprint density at radius 2 is 0.861 bits per heavy atom. The summed E-state index contributed by atoms with van der Waals surface area (Å²) >= 11 is 6.11. The summed E-state index contributed by atoms with van der Waals surface area (Å²) in [6.07, 6.45) is 7.86. The second-order valence-corrected chi connectivity index (χ2v) is 20.1. The van der Waals surface area contributed by atoms with Crippen LogP contribution in [0.5, 0.6) is 17.2 Å². The molecule has 6 aromatic carbocycles. The van der Waals surface area contributed by atoms with Gasteiger partial charge in [0.15, 0.2) is 0 Å². The van der Waals surface area contributed by atoms with Crippen LogP contribution in [0, 0.1) is 68.1 Å². The van der Waals surface area contributed by atoms with Gasteiger partial charge in [0.05, 0.1) is 5.56 Å². The standard InChI is InChI=1S/C14H12ClO.C14H12FO.C13H9F2O.3C7H10NO.CH4.3K/c1-11-7-8-12(14(15)9-11)10-16-13-5-3-2-4-6-13;1-11-7-12(9-13(15)8-11)10-16-14-5-3-2-4-6-14;14-12-7-4-8-13(15)11(12)9-16-10-5-2-1-3-6-10;3*1-7(2,3)6-4-5-8-9-6;;;;/h2*3-9H,10H2,1H3;2-8H,9H2;3*4H,1-3H3;1H4;;;/q6*-1;;3*+1. The number of halogens is 4. The van der Waals surface area contributed by atoms with E-state index in [2.05, 4.69) is 115 Å². The molecule has 0 amide bonds. The van der Waals surface area contributed by atoms with Crippen LogP contribution < -0.4 is 168 Å². The molecule has 3 aromatic heterocycles. The molecule has 16 heteroatoms. The van der Waals surface area contributed by atoms with E-state index in [1.165, 1.54) is 30.3 Å². The molecule has 0 radical (unpaired) electrons. The predicted molar refractivity (Wildman–Crippen MR) is 291 cm³/mol. The molecule has 3 heterocycles. The summed E-state index contributed by atoms with van der Waals surface area (Å²) in [6.45, 7) is 23.3. The molecule has 0 saturated carbocycles. The first kappa shape index (κ1) is 76.3. The van der Waals surface area contributed by atoms with Crippen molar-refractivity contribution in [1.29, 1.82) is 0 Å². The number of ether oxygens (including phenoxy) is 3. The maximum Gasteiger partial charge on any atom is 1.00 e. The first-order valence-electron chi connectivity index (χ1n) is 23.8. The van der Waals surface area contributed by atoms with Crippen LogP contribution >= 0.6 is 11.6 Å². The number of hydrogen-bond acceptors (Lipinski definition) is 9. The number of nitrogens with zero attached hydrogens (tertiary/aromatic N) is 3. The Morgan fingerprint density at radius 3 is 1.19 bits per heavy atom. The van der Waals surface area contributed by atoms with Crippen LogP contribution in [-0.2, 0) is 36.1 Å². The van der Waals surface area contributed by atoms with Gasteiger partial charge in [-0.15, -0.1) is 55.0 Å². The Balaban J connectivity index is 0.000000932. The Hall–Kier alpha value is -2.66. The second kappa shape index (κ2) is 39.8. The van der Waals surface area contributed by atoms with Crippen LogP contribution in [0.1, 0.15) is 115 Å². The van der Waals surface area contributed by atoms with E-state index in [9.17, 15) is 13.2 Å². The van der Waals surface area contributed by atoms with Crippen molar-refractivity contribution in [3.8, 4) is 17.2 Å². The molecule has 0 spiro atoms. The predicted octanol–water partition coefficient (Wildman–Crippen LogP) is 7.85. The van der Waals surface area contributed by atoms with Crippen molar-refractivity contribution in [3.05, 3.63) is 250 Å². The summed E-state index contributed by atoms with van der Waals surface area (Å²) in [5.74, 6) is 3.37. The van der Waals surface area contributed by atoms with Gasteiger partial charge in [0.1, 0.15) is 37.3 Å². The van der Waals surface area contributed by atoms with Crippen LogP contribution in [0.15, 0.2) is 159 Å². The summed E-state index contributed by atoms with van der Waals surface area (Å²) < 4.78 is 70.6. The second-order valence-electron chi connectivity index (χ2n) is 19.7. The van der Waals surface area contributed by atoms with E-state index in [0.717, 1.165) is 56.1 Å². The van der Waals surface area contributed by atoms with Gasteiger partial charge in [-0.3, -0.25) is 0 Å². The summed E-state index contributed by atoms with van der Waals surface area (Å²) in [7, 11) is 0. The van der Waals surface area contributed by atoms with Crippen molar-refractivity contribution in [2.24, 2.45) is 0 Å². The smallest absolute Gasteiger partial charge is 0.514 e. The zero-order valence-electron chi connectivity index (χ0n) is 47.3. The van der Waals surface area contributed by atoms with Crippen LogP contribution in [-0.4, -0.2) is 15.5 Å². The number of benzene rings is 6. The molecule has 79 heavy (non-hydrogen) atoms. The van der Waals surface area contributed by atoms with Gasteiger partial charge in [-0.2, -0.15) is 72.8 Å². The molecular weight excluding hydrogens is 1100 g/mol. The summed E-state index contributed by atoms with van der Waals surface area (Å²) in [6, 6.07) is 49.9. The minimum absolute atomic E-state index is 0. The normalized spacial score (nSPS) is 10.2. The van der Waals surface area contributed by atoms with Crippen molar-refractivity contribution in [3.63, 3.8) is 0 Å². The third-order valence-electron chi connectivity index (χ3n) is 10.0. The average Bonchev–Trinajstić information content (AvgIpc) is 4.21. The van der Waals surface area contributed by atoms with Crippen LogP contribution in [0.3, 0.4) is 0 Å². The minimum atomic E-state index is -0.595. The van der Waals surface area contributed by atoms with E-state index in [4.69, 9.17) is 39.4 Å². The Kier molecular flexibility index (Phi) is 38.4. The van der Waals surface area contributed by atoms with Gasteiger partial charge in [0, 0.05) is 27.8 Å². The molecule has 0 aliphatic carbocycles. The van der Waals surface area contributed by atoms with Crippen molar-refractivity contribution in [1.82, 2.24) is 15.5 Å². The molecule has 0 bridgehead atoms. The van der Waals surface area contributed by atoms with Gasteiger partial charge >= 0.3 is 154 Å². The number of aryl methyl sites for hydroxylation is 2. The Bertz CT molecular complexity index is 2810. The van der Waals surface area contributed by atoms with Gasteiger partial charge in [0.2, 0.25) is 0 Å². The molecule has 0 atom stereocenters. The fourth-order valence-corrected chi connectivity index (χ4v) is 6.13. The van der Waals surface area contributed by atoms with Crippen LogP contribution in [0.4, 0.5) is 13.2 Å². The topological polar surface area (TPSA) is 106 Å². The van der Waals surface area contributed by atoms with Crippen LogP contribution in [0.2, 0.25) is 5.02 Å². The molecule has 9 rings (SSSR count). The van der Waals surface area contributed by atoms with E-state index in [1.54, 1.807) is 54.6 Å². The molecule has 0 aliphatic heterocycles. The van der Waals surface area contributed by atoms with E-state index in [0.29, 0.717) is 19.0 Å². The van der Waals surface area contributed by atoms with Gasteiger partial charge in [-0.25, -0.2) is 28.6 Å². The first-order chi connectivity index (χ1) is 35.6. The number of aromatic nitrogens is 3. The Labute approximate surface area is 599 Å². The van der Waals surface area contributed by atoms with Gasteiger partial charge in [0.25, 0.3) is 0 Å². The maximum absolute atomic E-state index is 13.2. The molecule has 9 nitrogen and oxygen atoms in total. The first-order valence-corrected chi connectivity index (χ1v) is 24.2. The van der Waals surface area contributed by atoms with Gasteiger partial charge in [-0.05, 0) is 94.4 Å². The molecule has 9 aromatic rings. The molecular formula is C63H67ClF3K3N3O6-3. The van der Waals surface area contributed by atoms with Crippen molar-refractivity contribution in [2.45, 2.75) is 120 Å². The molecule has 0 N–H and O–H groups in total. The third kappa shape index (κ3) is 31.0. The third-order valence-corrected chi connectivity index (χ3v) is 10.4.